The number of fused-ring (bicyclic) bond motifs is 1. The Bertz CT molecular complexity index is 650. The van der Waals surface area contributed by atoms with Crippen LogP contribution in [0.1, 0.15) is 0 Å². The number of pyridine rings is 1. The quantitative estimate of drug-likeness (QED) is 0.662. The van der Waals surface area contributed by atoms with E-state index in [0.717, 1.165) is 33.9 Å². The fraction of sp³-hybridized carbons (Fsp3) is 0. The summed E-state index contributed by atoms with van der Waals surface area (Å²) in [6.45, 7) is 0. The molecule has 78 valence electrons. The number of aromatic nitrogens is 3. The number of halogens is 1. The van der Waals surface area contributed by atoms with Gasteiger partial charge in [-0.25, -0.2) is 0 Å². The van der Waals surface area contributed by atoms with Crippen molar-refractivity contribution in [3.8, 4) is 11.3 Å². The Kier molecular flexibility index (Phi) is 2.31. The van der Waals surface area contributed by atoms with Crippen LogP contribution in [0.2, 0.25) is 5.15 Å². The maximum atomic E-state index is 5.94. The number of nitrogens with zero attached hydrogens (tertiary/aromatic N) is 3. The van der Waals surface area contributed by atoms with E-state index in [9.17, 15) is 0 Å². The van der Waals surface area contributed by atoms with Crippen LogP contribution < -0.4 is 0 Å². The third-order valence-corrected chi connectivity index (χ3v) is 3.22. The lowest BCUT2D eigenvalue weighted by atomic mass is 10.1. The summed E-state index contributed by atoms with van der Waals surface area (Å²) in [6, 6.07) is 9.89. The van der Waals surface area contributed by atoms with Gasteiger partial charge in [0.15, 0.2) is 5.15 Å². The van der Waals surface area contributed by atoms with Crippen LogP contribution in [-0.2, 0) is 0 Å². The molecule has 2 heterocycles. The van der Waals surface area contributed by atoms with Gasteiger partial charge < -0.3 is 0 Å². The molecule has 0 aliphatic carbocycles. The molecule has 3 nitrogen and oxygen atoms in total. The van der Waals surface area contributed by atoms with Crippen LogP contribution in [0, 0.1) is 0 Å². The summed E-state index contributed by atoms with van der Waals surface area (Å²) in [6.07, 6.45) is 1.77. The fourth-order valence-electron chi connectivity index (χ4n) is 1.56. The Morgan fingerprint density at radius 2 is 2.06 bits per heavy atom. The molecule has 0 N–H and O–H groups in total. The van der Waals surface area contributed by atoms with Crippen molar-refractivity contribution in [2.24, 2.45) is 0 Å². The van der Waals surface area contributed by atoms with E-state index >= 15 is 0 Å². The van der Waals surface area contributed by atoms with Crippen LogP contribution in [0.25, 0.3) is 22.2 Å². The fourth-order valence-corrected chi connectivity index (χ4v) is 2.33. The van der Waals surface area contributed by atoms with E-state index in [2.05, 4.69) is 13.7 Å². The van der Waals surface area contributed by atoms with Gasteiger partial charge in [0.1, 0.15) is 5.69 Å². The minimum Gasteiger partial charge on any atom is -0.256 e. The van der Waals surface area contributed by atoms with Gasteiger partial charge in [0, 0.05) is 17.1 Å². The van der Waals surface area contributed by atoms with E-state index < -0.39 is 0 Å². The maximum absolute atomic E-state index is 5.94. The molecule has 1 aromatic carbocycles. The van der Waals surface area contributed by atoms with Crippen molar-refractivity contribution in [1.29, 1.82) is 0 Å². The summed E-state index contributed by atoms with van der Waals surface area (Å²) in [5.41, 5.74) is 2.60. The van der Waals surface area contributed by atoms with Gasteiger partial charge in [0.05, 0.1) is 17.2 Å². The van der Waals surface area contributed by atoms with Crippen LogP contribution in [0.15, 0.2) is 36.5 Å². The zero-order chi connectivity index (χ0) is 11.0. The molecule has 0 spiro atoms. The molecule has 0 saturated heterocycles. The van der Waals surface area contributed by atoms with Crippen molar-refractivity contribution >= 4 is 34.2 Å². The van der Waals surface area contributed by atoms with Gasteiger partial charge >= 0.3 is 0 Å². The zero-order valence-corrected chi connectivity index (χ0v) is 9.66. The van der Waals surface area contributed by atoms with Crippen molar-refractivity contribution < 1.29 is 0 Å². The van der Waals surface area contributed by atoms with Crippen LogP contribution in [-0.4, -0.2) is 13.7 Å². The topological polar surface area (TPSA) is 38.7 Å². The molecule has 0 unspecified atom stereocenters. The van der Waals surface area contributed by atoms with Gasteiger partial charge in [-0.1, -0.05) is 29.8 Å². The lowest BCUT2D eigenvalue weighted by molar-refractivity contribution is 1.41. The number of hydrogen-bond acceptors (Lipinski definition) is 4. The van der Waals surface area contributed by atoms with Crippen LogP contribution in [0.5, 0.6) is 0 Å². The second-order valence-electron chi connectivity index (χ2n) is 3.31. The molecule has 0 radical (unpaired) electrons. The second kappa shape index (κ2) is 3.81. The molecule has 0 saturated carbocycles. The highest BCUT2D eigenvalue weighted by atomic mass is 35.5. The van der Waals surface area contributed by atoms with Crippen molar-refractivity contribution in [2.75, 3.05) is 0 Å². The average Bonchev–Trinajstić information content (AvgIpc) is 2.75. The van der Waals surface area contributed by atoms with Gasteiger partial charge in [0.2, 0.25) is 0 Å². The van der Waals surface area contributed by atoms with E-state index in [1.165, 1.54) is 0 Å². The lowest BCUT2D eigenvalue weighted by Crippen LogP contribution is -1.81. The van der Waals surface area contributed by atoms with E-state index in [-0.39, 0.29) is 0 Å². The molecule has 0 fully saturated rings. The molecule has 0 amide bonds. The van der Waals surface area contributed by atoms with Crippen LogP contribution >= 0.6 is 23.3 Å². The SMILES string of the molecule is Clc1nsnc1-c1ccc2cccnc2c1. The molecule has 0 atom stereocenters. The normalized spacial score (nSPS) is 10.8. The third-order valence-electron chi connectivity index (χ3n) is 2.33. The van der Waals surface area contributed by atoms with Crippen LogP contribution in [0.4, 0.5) is 0 Å². The summed E-state index contributed by atoms with van der Waals surface area (Å²) < 4.78 is 8.11. The smallest absolute Gasteiger partial charge is 0.170 e. The van der Waals surface area contributed by atoms with Crippen molar-refractivity contribution in [1.82, 2.24) is 13.7 Å². The monoisotopic (exact) mass is 247 g/mol. The molecule has 2 aromatic heterocycles. The maximum Gasteiger partial charge on any atom is 0.170 e. The predicted octanol–water partition coefficient (Wildman–Crippen LogP) is 3.41. The Hall–Kier alpha value is -1.52. The van der Waals surface area contributed by atoms with Crippen molar-refractivity contribution in [3.63, 3.8) is 0 Å². The Morgan fingerprint density at radius 3 is 2.88 bits per heavy atom. The number of rotatable bonds is 1. The predicted molar refractivity (Wildman–Crippen MR) is 65.7 cm³/mol. The Labute approximate surface area is 101 Å². The molecule has 5 heteroatoms. The summed E-state index contributed by atoms with van der Waals surface area (Å²) in [5.74, 6) is 0. The first-order valence-electron chi connectivity index (χ1n) is 4.68. The summed E-state index contributed by atoms with van der Waals surface area (Å²) in [7, 11) is 0. The standard InChI is InChI=1S/C11H6ClN3S/c12-11-10(14-16-15-11)8-4-3-7-2-1-5-13-9(7)6-8/h1-6H. The Morgan fingerprint density at radius 1 is 1.12 bits per heavy atom. The molecule has 3 rings (SSSR count). The molecular formula is C11H6ClN3S. The molecule has 16 heavy (non-hydrogen) atoms. The largest absolute Gasteiger partial charge is 0.256 e. The van der Waals surface area contributed by atoms with Gasteiger partial charge in [0.25, 0.3) is 0 Å². The van der Waals surface area contributed by atoms with Gasteiger partial charge in [-0.15, -0.1) is 0 Å². The van der Waals surface area contributed by atoms with E-state index in [1.54, 1.807) is 6.20 Å². The summed E-state index contributed by atoms with van der Waals surface area (Å²) in [5, 5.41) is 1.55. The lowest BCUT2D eigenvalue weighted by Gasteiger charge is -1.99. The third kappa shape index (κ3) is 1.56. The van der Waals surface area contributed by atoms with E-state index in [4.69, 9.17) is 11.6 Å². The molecule has 0 bridgehead atoms. The minimum atomic E-state index is 0.445. The summed E-state index contributed by atoms with van der Waals surface area (Å²) >= 11 is 7.06. The Balaban J connectivity index is 2.23. The van der Waals surface area contributed by atoms with E-state index in [0.29, 0.717) is 5.15 Å². The molecular weight excluding hydrogens is 242 g/mol. The average molecular weight is 248 g/mol. The highest BCUT2D eigenvalue weighted by molar-refractivity contribution is 6.99. The zero-order valence-electron chi connectivity index (χ0n) is 8.09. The van der Waals surface area contributed by atoms with Crippen LogP contribution in [0.3, 0.4) is 0 Å². The van der Waals surface area contributed by atoms with Crippen molar-refractivity contribution in [3.05, 3.63) is 41.7 Å². The van der Waals surface area contributed by atoms with Crippen molar-refractivity contribution in [2.45, 2.75) is 0 Å². The van der Waals surface area contributed by atoms with Gasteiger partial charge in [-0.2, -0.15) is 8.75 Å². The number of hydrogen-bond donors (Lipinski definition) is 0. The summed E-state index contributed by atoms with van der Waals surface area (Å²) in [4.78, 5) is 4.29. The molecule has 3 aromatic rings. The van der Waals surface area contributed by atoms with Gasteiger partial charge in [-0.05, 0) is 12.1 Å². The molecule has 0 aliphatic heterocycles. The van der Waals surface area contributed by atoms with Gasteiger partial charge in [-0.3, -0.25) is 4.98 Å². The first kappa shape index (κ1) is 9.69. The van der Waals surface area contributed by atoms with E-state index in [1.807, 2.05) is 30.3 Å². The first-order chi connectivity index (χ1) is 7.84. The number of benzene rings is 1. The minimum absolute atomic E-state index is 0.445. The highest BCUT2D eigenvalue weighted by Gasteiger charge is 2.08. The first-order valence-corrected chi connectivity index (χ1v) is 5.78. The molecule has 0 aliphatic rings. The highest BCUT2D eigenvalue weighted by Crippen LogP contribution is 2.27. The second-order valence-corrected chi connectivity index (χ2v) is 4.20.